The number of hydrogen-bond acceptors (Lipinski definition) is 2. The van der Waals surface area contributed by atoms with Crippen molar-refractivity contribution >= 4 is 0 Å². The van der Waals surface area contributed by atoms with Crippen molar-refractivity contribution < 1.29 is 0 Å². The highest BCUT2D eigenvalue weighted by molar-refractivity contribution is 5.32. The van der Waals surface area contributed by atoms with E-state index in [1.165, 1.54) is 11.3 Å². The molecule has 0 fully saturated rings. The number of nitrogens with one attached hydrogen (secondary N) is 2. The zero-order valence-electron chi connectivity index (χ0n) is 13.3. The maximum atomic E-state index is 3.70. The molecule has 2 heteroatoms. The zero-order valence-corrected chi connectivity index (χ0v) is 13.3. The van der Waals surface area contributed by atoms with Gasteiger partial charge >= 0.3 is 0 Å². The molecule has 1 aliphatic rings. The molecule has 0 aromatic carbocycles. The Balaban J connectivity index is 2.81. The summed E-state index contributed by atoms with van der Waals surface area (Å²) in [6.45, 7) is 17.8. The highest BCUT2D eigenvalue weighted by atomic mass is 15.0. The molecule has 2 N–H and O–H groups in total. The third-order valence-corrected chi connectivity index (χ3v) is 2.95. The summed E-state index contributed by atoms with van der Waals surface area (Å²) in [4.78, 5) is 0. The Morgan fingerprint density at radius 1 is 1.00 bits per heavy atom. The number of allylic oxidation sites excluding steroid dienone is 1. The van der Waals surface area contributed by atoms with Crippen LogP contribution in [0.1, 0.15) is 55.4 Å². The maximum Gasteiger partial charge on any atom is 0.0346 e. The lowest BCUT2D eigenvalue weighted by molar-refractivity contribution is 0.341. The molecular weight excluding hydrogens is 220 g/mol. The van der Waals surface area contributed by atoms with E-state index in [0.29, 0.717) is 12.0 Å². The van der Waals surface area contributed by atoms with Gasteiger partial charge in [0.05, 0.1) is 0 Å². The molecule has 0 aliphatic heterocycles. The lowest BCUT2D eigenvalue weighted by atomic mass is 9.87. The van der Waals surface area contributed by atoms with Gasteiger partial charge in [-0.15, -0.1) is 0 Å². The van der Waals surface area contributed by atoms with E-state index in [4.69, 9.17) is 0 Å². The monoisotopic (exact) mass is 250 g/mol. The summed E-state index contributed by atoms with van der Waals surface area (Å²) in [5.41, 5.74) is 2.93. The first-order valence-corrected chi connectivity index (χ1v) is 6.94. The van der Waals surface area contributed by atoms with Crippen LogP contribution >= 0.6 is 0 Å². The van der Waals surface area contributed by atoms with Crippen LogP contribution in [-0.2, 0) is 0 Å². The molecule has 18 heavy (non-hydrogen) atoms. The van der Waals surface area contributed by atoms with E-state index < -0.39 is 0 Å². The molecule has 0 aromatic heterocycles. The summed E-state index contributed by atoms with van der Waals surface area (Å²) in [5.74, 6) is 0.513. The minimum Gasteiger partial charge on any atom is -0.381 e. The minimum atomic E-state index is 0.118. The second-order valence-corrected chi connectivity index (χ2v) is 7.62. The molecular formula is C16H30N2. The highest BCUT2D eigenvalue weighted by Gasteiger charge is 2.26. The van der Waals surface area contributed by atoms with Gasteiger partial charge in [-0.05, 0) is 60.5 Å². The van der Waals surface area contributed by atoms with Gasteiger partial charge in [-0.3, -0.25) is 0 Å². The van der Waals surface area contributed by atoms with Crippen LogP contribution in [0.15, 0.2) is 23.4 Å². The summed E-state index contributed by atoms with van der Waals surface area (Å²) < 4.78 is 0. The van der Waals surface area contributed by atoms with Crippen LogP contribution < -0.4 is 10.6 Å². The van der Waals surface area contributed by atoms with Crippen molar-refractivity contribution in [3.05, 3.63) is 23.4 Å². The van der Waals surface area contributed by atoms with E-state index in [-0.39, 0.29) is 11.1 Å². The van der Waals surface area contributed by atoms with Crippen molar-refractivity contribution in [2.75, 3.05) is 0 Å². The molecule has 0 bridgehead atoms. The van der Waals surface area contributed by atoms with Gasteiger partial charge in [0.25, 0.3) is 0 Å². The van der Waals surface area contributed by atoms with Gasteiger partial charge in [0, 0.05) is 22.8 Å². The van der Waals surface area contributed by atoms with Gasteiger partial charge in [0.2, 0.25) is 0 Å². The van der Waals surface area contributed by atoms with Gasteiger partial charge in [0.15, 0.2) is 0 Å². The van der Waals surface area contributed by atoms with Crippen LogP contribution in [0, 0.1) is 5.92 Å². The van der Waals surface area contributed by atoms with Crippen LogP contribution in [-0.4, -0.2) is 17.1 Å². The van der Waals surface area contributed by atoms with Crippen molar-refractivity contribution in [2.45, 2.75) is 72.5 Å². The fraction of sp³-hybridized carbons (Fsp3) is 0.750. The average molecular weight is 250 g/mol. The Bertz CT molecular complexity index is 350. The largest absolute Gasteiger partial charge is 0.381 e. The summed E-state index contributed by atoms with van der Waals surface area (Å²) in [5, 5.41) is 7.26. The van der Waals surface area contributed by atoms with Crippen LogP contribution in [0.5, 0.6) is 0 Å². The van der Waals surface area contributed by atoms with Crippen molar-refractivity contribution in [2.24, 2.45) is 5.92 Å². The normalized spacial score (nSPS) is 25.6. The SMILES string of the molecule is CC1=CC(NC(C)(C)C)=CC(C)C1NC(C)(C)C. The Morgan fingerprint density at radius 3 is 1.94 bits per heavy atom. The minimum absolute atomic E-state index is 0.118. The van der Waals surface area contributed by atoms with Gasteiger partial charge in [-0.1, -0.05) is 18.6 Å². The molecule has 104 valence electrons. The van der Waals surface area contributed by atoms with Crippen molar-refractivity contribution in [1.82, 2.24) is 10.6 Å². The first-order valence-electron chi connectivity index (χ1n) is 6.94. The van der Waals surface area contributed by atoms with E-state index >= 15 is 0 Å². The molecule has 1 aliphatic carbocycles. The molecule has 0 radical (unpaired) electrons. The molecule has 0 saturated carbocycles. The average Bonchev–Trinajstić information content (AvgIpc) is 2.07. The second kappa shape index (κ2) is 5.08. The van der Waals surface area contributed by atoms with E-state index in [2.05, 4.69) is 78.2 Å². The first-order chi connectivity index (χ1) is 7.98. The lowest BCUT2D eigenvalue weighted by Crippen LogP contribution is -2.48. The van der Waals surface area contributed by atoms with Crippen LogP contribution in [0.3, 0.4) is 0 Å². The fourth-order valence-electron chi connectivity index (χ4n) is 2.40. The smallest absolute Gasteiger partial charge is 0.0346 e. The Labute approximate surface area is 113 Å². The third-order valence-electron chi connectivity index (χ3n) is 2.95. The fourth-order valence-corrected chi connectivity index (χ4v) is 2.40. The van der Waals surface area contributed by atoms with Crippen molar-refractivity contribution in [1.29, 1.82) is 0 Å². The molecule has 0 saturated heterocycles. The molecule has 2 nitrogen and oxygen atoms in total. The summed E-state index contributed by atoms with van der Waals surface area (Å²) in [7, 11) is 0. The summed E-state index contributed by atoms with van der Waals surface area (Å²) in [6.07, 6.45) is 4.61. The van der Waals surface area contributed by atoms with Crippen molar-refractivity contribution in [3.63, 3.8) is 0 Å². The molecule has 0 amide bonds. The van der Waals surface area contributed by atoms with E-state index in [9.17, 15) is 0 Å². The number of hydrogen-bond donors (Lipinski definition) is 2. The topological polar surface area (TPSA) is 24.1 Å². The molecule has 1 rings (SSSR count). The summed E-state index contributed by atoms with van der Waals surface area (Å²) >= 11 is 0. The Hall–Kier alpha value is -0.760. The quantitative estimate of drug-likeness (QED) is 0.782. The highest BCUT2D eigenvalue weighted by Crippen LogP contribution is 2.24. The van der Waals surface area contributed by atoms with Gasteiger partial charge in [-0.25, -0.2) is 0 Å². The lowest BCUT2D eigenvalue weighted by Gasteiger charge is -2.36. The second-order valence-electron chi connectivity index (χ2n) is 7.62. The van der Waals surface area contributed by atoms with Crippen molar-refractivity contribution in [3.8, 4) is 0 Å². The van der Waals surface area contributed by atoms with Crippen LogP contribution in [0.4, 0.5) is 0 Å². The Morgan fingerprint density at radius 2 is 1.56 bits per heavy atom. The molecule has 2 unspecified atom stereocenters. The summed E-state index contributed by atoms with van der Waals surface area (Å²) in [6, 6.07) is 0.440. The predicted molar refractivity (Wildman–Crippen MR) is 80.6 cm³/mol. The standard InChI is InChI=1S/C16H30N2/c1-11-9-13(17-15(3,4)5)10-12(2)14(11)18-16(6,7)8/h9-11,14,17-18H,1-8H3. The molecule has 0 spiro atoms. The maximum absolute atomic E-state index is 3.70. The van der Waals surface area contributed by atoms with E-state index in [1.807, 2.05) is 0 Å². The Kier molecular flexibility index (Phi) is 4.32. The zero-order chi connectivity index (χ0) is 14.1. The third kappa shape index (κ3) is 4.85. The molecule has 0 heterocycles. The van der Waals surface area contributed by atoms with E-state index in [1.54, 1.807) is 0 Å². The van der Waals surface area contributed by atoms with Gasteiger partial charge < -0.3 is 10.6 Å². The van der Waals surface area contributed by atoms with Gasteiger partial charge in [0.1, 0.15) is 0 Å². The molecule has 2 atom stereocenters. The first kappa shape index (κ1) is 15.3. The predicted octanol–water partition coefficient (Wildman–Crippen LogP) is 3.61. The van der Waals surface area contributed by atoms with Crippen LogP contribution in [0.2, 0.25) is 0 Å². The van der Waals surface area contributed by atoms with E-state index in [0.717, 1.165) is 0 Å². The molecule has 0 aromatic rings. The number of rotatable bonds is 2. The van der Waals surface area contributed by atoms with Gasteiger partial charge in [-0.2, -0.15) is 0 Å². The van der Waals surface area contributed by atoms with Crippen LogP contribution in [0.25, 0.3) is 0 Å².